The second-order valence-corrected chi connectivity index (χ2v) is 10.1. The SMILES string of the molecule is COc1ccc([C@H]2C(C=O)=C[C@@H](C)[C@@H]3c4cc(I)cc(I)c4OC[C@@]23[N+](=O)[O-])cc1. The molecular weight excluding hydrogens is 612 g/mol. The third kappa shape index (κ3) is 3.22. The highest BCUT2D eigenvalue weighted by Gasteiger charge is 2.65. The Labute approximate surface area is 201 Å². The van der Waals surface area contributed by atoms with Crippen LogP contribution in [-0.2, 0) is 4.79 Å². The van der Waals surface area contributed by atoms with Gasteiger partial charge in [-0.05, 0) is 80.9 Å². The molecule has 0 amide bonds. The van der Waals surface area contributed by atoms with Gasteiger partial charge in [-0.1, -0.05) is 25.1 Å². The number of aldehydes is 1. The van der Waals surface area contributed by atoms with E-state index in [1.54, 1.807) is 31.4 Å². The molecule has 0 N–H and O–H groups in total. The van der Waals surface area contributed by atoms with E-state index in [1.807, 2.05) is 25.1 Å². The quantitative estimate of drug-likeness (QED) is 0.207. The minimum Gasteiger partial charge on any atom is -0.497 e. The third-order valence-corrected chi connectivity index (χ3v) is 7.52. The lowest BCUT2D eigenvalue weighted by Gasteiger charge is -2.47. The highest BCUT2D eigenvalue weighted by atomic mass is 127. The summed E-state index contributed by atoms with van der Waals surface area (Å²) in [5.41, 5.74) is 0.476. The monoisotopic (exact) mass is 631 g/mol. The average Bonchev–Trinajstić information content (AvgIpc) is 2.72. The molecule has 156 valence electrons. The Kier molecular flexibility index (Phi) is 5.82. The van der Waals surface area contributed by atoms with E-state index in [0.29, 0.717) is 22.6 Å². The van der Waals surface area contributed by atoms with Crippen molar-refractivity contribution in [1.29, 1.82) is 0 Å². The maximum atomic E-state index is 12.8. The van der Waals surface area contributed by atoms with Crippen molar-refractivity contribution in [2.45, 2.75) is 24.3 Å². The van der Waals surface area contributed by atoms with Crippen LogP contribution in [0.5, 0.6) is 11.5 Å². The molecule has 1 aliphatic carbocycles. The summed E-state index contributed by atoms with van der Waals surface area (Å²) in [6, 6.07) is 11.1. The number of nitrogens with zero attached hydrogens (tertiary/aromatic N) is 1. The van der Waals surface area contributed by atoms with E-state index in [2.05, 4.69) is 45.2 Å². The predicted octanol–water partition coefficient (Wildman–Crippen LogP) is 4.95. The minimum atomic E-state index is -1.49. The summed E-state index contributed by atoms with van der Waals surface area (Å²) >= 11 is 4.44. The van der Waals surface area contributed by atoms with E-state index in [-0.39, 0.29) is 17.4 Å². The Bertz CT molecular complexity index is 1050. The molecule has 0 radical (unpaired) electrons. The molecule has 4 rings (SSSR count). The number of allylic oxidation sites excluding steroid dienone is 1. The van der Waals surface area contributed by atoms with E-state index in [4.69, 9.17) is 9.47 Å². The van der Waals surface area contributed by atoms with E-state index in [9.17, 15) is 14.9 Å². The van der Waals surface area contributed by atoms with Gasteiger partial charge >= 0.3 is 0 Å². The van der Waals surface area contributed by atoms with Gasteiger partial charge in [0, 0.05) is 19.6 Å². The van der Waals surface area contributed by atoms with Gasteiger partial charge in [-0.25, -0.2) is 0 Å². The minimum absolute atomic E-state index is 0.0967. The first-order valence-corrected chi connectivity index (χ1v) is 11.6. The Morgan fingerprint density at radius 1 is 1.27 bits per heavy atom. The summed E-state index contributed by atoms with van der Waals surface area (Å²) in [7, 11) is 1.57. The van der Waals surface area contributed by atoms with Gasteiger partial charge in [0.2, 0.25) is 0 Å². The molecule has 4 atom stereocenters. The number of methoxy groups -OCH3 is 1. The number of carbonyl (C=O) groups excluding carboxylic acids is 1. The molecule has 0 spiro atoms. The number of nitro groups is 1. The standard InChI is InChI=1S/C22H19I2NO5/c1-12-7-14(10-26)20(13-3-5-16(29-2)6-4-13)22(25(27)28)11-30-21-17(19(12)22)8-15(23)9-18(21)24/h3-10,12,19-20H,11H2,1-2H3/t12-,19-,20+,22+/m1/s1. The zero-order valence-corrected chi connectivity index (χ0v) is 20.6. The van der Waals surface area contributed by atoms with Crippen molar-refractivity contribution in [3.63, 3.8) is 0 Å². The molecule has 0 saturated carbocycles. The van der Waals surface area contributed by atoms with Crippen LogP contribution in [0, 0.1) is 23.2 Å². The largest absolute Gasteiger partial charge is 0.497 e. The van der Waals surface area contributed by atoms with E-state index >= 15 is 0 Å². The Morgan fingerprint density at radius 2 is 1.97 bits per heavy atom. The third-order valence-electron chi connectivity index (χ3n) is 6.10. The van der Waals surface area contributed by atoms with Crippen LogP contribution in [0.1, 0.15) is 29.9 Å². The molecule has 0 bridgehead atoms. The molecule has 2 aromatic rings. The zero-order chi connectivity index (χ0) is 21.6. The fourth-order valence-corrected chi connectivity index (χ4v) is 7.00. The fraction of sp³-hybridized carbons (Fsp3) is 0.318. The van der Waals surface area contributed by atoms with Crippen molar-refractivity contribution in [2.75, 3.05) is 13.7 Å². The summed E-state index contributed by atoms with van der Waals surface area (Å²) in [5.74, 6) is 0.0280. The van der Waals surface area contributed by atoms with Gasteiger partial charge < -0.3 is 9.47 Å². The predicted molar refractivity (Wildman–Crippen MR) is 129 cm³/mol. The molecule has 0 aromatic heterocycles. The van der Waals surface area contributed by atoms with Crippen LogP contribution in [0.15, 0.2) is 48.0 Å². The molecule has 0 saturated heterocycles. The summed E-state index contributed by atoms with van der Waals surface area (Å²) in [6.07, 6.45) is 2.64. The van der Waals surface area contributed by atoms with Crippen LogP contribution in [0.4, 0.5) is 0 Å². The number of rotatable bonds is 4. The van der Waals surface area contributed by atoms with Crippen LogP contribution in [0.2, 0.25) is 0 Å². The molecule has 2 aromatic carbocycles. The van der Waals surface area contributed by atoms with Gasteiger partial charge in [-0.15, -0.1) is 0 Å². The lowest BCUT2D eigenvalue weighted by molar-refractivity contribution is -0.584. The van der Waals surface area contributed by atoms with Crippen LogP contribution in [-0.4, -0.2) is 30.5 Å². The second kappa shape index (κ2) is 8.10. The van der Waals surface area contributed by atoms with Crippen molar-refractivity contribution in [3.05, 3.63) is 76.4 Å². The Balaban J connectivity index is 1.99. The molecule has 0 unspecified atom stereocenters. The van der Waals surface area contributed by atoms with Crippen LogP contribution in [0.25, 0.3) is 0 Å². The van der Waals surface area contributed by atoms with Gasteiger partial charge in [0.1, 0.15) is 17.8 Å². The number of halogens is 2. The van der Waals surface area contributed by atoms with Crippen molar-refractivity contribution >= 4 is 51.5 Å². The number of ether oxygens (including phenoxy) is 2. The Hall–Kier alpha value is -1.69. The molecule has 2 aliphatic rings. The first kappa shape index (κ1) is 21.5. The van der Waals surface area contributed by atoms with Gasteiger partial charge in [-0.3, -0.25) is 14.9 Å². The summed E-state index contributed by atoms with van der Waals surface area (Å²) < 4.78 is 13.2. The maximum Gasteiger partial charge on any atom is 0.273 e. The average molecular weight is 631 g/mol. The topological polar surface area (TPSA) is 78.7 Å². The fourth-order valence-electron chi connectivity index (χ4n) is 4.95. The van der Waals surface area contributed by atoms with Crippen molar-refractivity contribution in [3.8, 4) is 11.5 Å². The van der Waals surface area contributed by atoms with Gasteiger partial charge in [0.25, 0.3) is 5.54 Å². The van der Waals surface area contributed by atoms with E-state index in [0.717, 1.165) is 19.0 Å². The molecule has 1 heterocycles. The number of hydrogen-bond acceptors (Lipinski definition) is 5. The first-order chi connectivity index (χ1) is 14.3. The van der Waals surface area contributed by atoms with Gasteiger partial charge in [-0.2, -0.15) is 0 Å². The number of hydrogen-bond donors (Lipinski definition) is 0. The van der Waals surface area contributed by atoms with Gasteiger partial charge in [0.15, 0.2) is 6.61 Å². The maximum absolute atomic E-state index is 12.8. The summed E-state index contributed by atoms with van der Waals surface area (Å²) in [6.45, 7) is 1.85. The highest BCUT2D eigenvalue weighted by Crippen LogP contribution is 2.57. The lowest BCUT2D eigenvalue weighted by Crippen LogP contribution is -2.59. The normalized spacial score (nSPS) is 27.2. The van der Waals surface area contributed by atoms with Crippen molar-refractivity contribution < 1.29 is 19.2 Å². The zero-order valence-electron chi connectivity index (χ0n) is 16.3. The number of fused-ring (bicyclic) bond motifs is 3. The van der Waals surface area contributed by atoms with Crippen LogP contribution in [0.3, 0.4) is 0 Å². The Morgan fingerprint density at radius 3 is 2.57 bits per heavy atom. The van der Waals surface area contributed by atoms with E-state index < -0.39 is 17.4 Å². The summed E-state index contributed by atoms with van der Waals surface area (Å²) in [5, 5.41) is 12.8. The van der Waals surface area contributed by atoms with Gasteiger partial charge in [0.05, 0.1) is 22.5 Å². The molecule has 6 nitrogen and oxygen atoms in total. The molecule has 30 heavy (non-hydrogen) atoms. The molecule has 1 aliphatic heterocycles. The smallest absolute Gasteiger partial charge is 0.273 e. The molecular formula is C22H19I2NO5. The molecule has 8 heteroatoms. The highest BCUT2D eigenvalue weighted by molar-refractivity contribution is 14.1. The second-order valence-electron chi connectivity index (χ2n) is 7.67. The molecule has 0 fully saturated rings. The summed E-state index contributed by atoms with van der Waals surface area (Å²) in [4.78, 5) is 24.6. The van der Waals surface area contributed by atoms with Crippen molar-refractivity contribution in [2.24, 2.45) is 5.92 Å². The number of carbonyl (C=O) groups is 1. The van der Waals surface area contributed by atoms with Crippen molar-refractivity contribution in [1.82, 2.24) is 0 Å². The number of benzene rings is 2. The van der Waals surface area contributed by atoms with Crippen LogP contribution >= 0.6 is 45.2 Å². The lowest BCUT2D eigenvalue weighted by atomic mass is 9.58. The van der Waals surface area contributed by atoms with E-state index in [1.165, 1.54) is 0 Å². The van der Waals surface area contributed by atoms with Crippen LogP contribution < -0.4 is 9.47 Å². The first-order valence-electron chi connectivity index (χ1n) is 9.40.